The maximum Gasteiger partial charge on any atom is 0.0394 e. The SMILES string of the molecule is C=C/C=C(I)\C=C/CC(CCCNC)C1=CCCC=N1. The molecule has 2 nitrogen and oxygen atoms in total. The molecule has 3 heteroatoms. The molecule has 1 unspecified atom stereocenters. The van der Waals surface area contributed by atoms with E-state index >= 15 is 0 Å². The minimum Gasteiger partial charge on any atom is -0.320 e. The molecule has 0 saturated carbocycles. The highest BCUT2D eigenvalue weighted by molar-refractivity contribution is 14.1. The van der Waals surface area contributed by atoms with E-state index in [0.29, 0.717) is 5.92 Å². The Morgan fingerprint density at radius 1 is 1.55 bits per heavy atom. The summed E-state index contributed by atoms with van der Waals surface area (Å²) in [6, 6.07) is 0. The predicted octanol–water partition coefficient (Wildman–Crippen LogP) is 4.80. The van der Waals surface area contributed by atoms with Gasteiger partial charge < -0.3 is 5.32 Å². The first-order chi connectivity index (χ1) is 9.77. The van der Waals surface area contributed by atoms with Crippen LogP contribution >= 0.6 is 22.6 Å². The van der Waals surface area contributed by atoms with Crippen molar-refractivity contribution in [3.8, 4) is 0 Å². The number of nitrogens with one attached hydrogen (secondary N) is 1. The minimum absolute atomic E-state index is 0.545. The fourth-order valence-corrected chi connectivity index (χ4v) is 2.73. The monoisotopic (exact) mass is 384 g/mol. The molecule has 1 N–H and O–H groups in total. The van der Waals surface area contributed by atoms with Crippen molar-refractivity contribution in [3.05, 3.63) is 46.2 Å². The normalized spacial score (nSPS) is 17.3. The first-order valence-corrected chi connectivity index (χ1v) is 8.37. The van der Waals surface area contributed by atoms with Crippen LogP contribution in [0.2, 0.25) is 0 Å². The van der Waals surface area contributed by atoms with E-state index < -0.39 is 0 Å². The lowest BCUT2D eigenvalue weighted by molar-refractivity contribution is 0.523. The van der Waals surface area contributed by atoms with Crippen molar-refractivity contribution in [1.29, 1.82) is 0 Å². The molecular formula is C17H25IN2. The van der Waals surface area contributed by atoms with Crippen LogP contribution in [0.1, 0.15) is 32.1 Å². The molecular weight excluding hydrogens is 359 g/mol. The van der Waals surface area contributed by atoms with Crippen LogP contribution in [0.15, 0.2) is 51.2 Å². The topological polar surface area (TPSA) is 24.4 Å². The quantitative estimate of drug-likeness (QED) is 0.345. The van der Waals surface area contributed by atoms with Gasteiger partial charge in [-0.1, -0.05) is 30.9 Å². The lowest BCUT2D eigenvalue weighted by Gasteiger charge is -2.18. The maximum atomic E-state index is 4.59. The zero-order chi connectivity index (χ0) is 14.6. The molecule has 1 heterocycles. The standard InChI is InChI=1S/C17H25IN2/c1-3-8-16(18)11-6-9-15(10-7-13-19-2)17-12-4-5-14-20-17/h3,6,8,11-12,14-15,19H,1,4-5,7,9-10,13H2,2H3/b11-6-,16-8+. The van der Waals surface area contributed by atoms with Crippen molar-refractivity contribution >= 4 is 28.8 Å². The van der Waals surface area contributed by atoms with Gasteiger partial charge in [0.1, 0.15) is 0 Å². The van der Waals surface area contributed by atoms with Crippen LogP contribution in [0.5, 0.6) is 0 Å². The summed E-state index contributed by atoms with van der Waals surface area (Å²) in [7, 11) is 2.01. The third-order valence-corrected chi connectivity index (χ3v) is 3.98. The second-order valence-corrected chi connectivity index (χ2v) is 6.13. The van der Waals surface area contributed by atoms with Gasteiger partial charge in [-0.15, -0.1) is 0 Å². The van der Waals surface area contributed by atoms with Gasteiger partial charge in [0.15, 0.2) is 0 Å². The number of halogens is 1. The number of aliphatic imine (C=N–C) groups is 1. The maximum absolute atomic E-state index is 4.59. The van der Waals surface area contributed by atoms with Gasteiger partial charge in [0.05, 0.1) is 0 Å². The molecule has 0 saturated heterocycles. The van der Waals surface area contributed by atoms with Gasteiger partial charge >= 0.3 is 0 Å². The summed E-state index contributed by atoms with van der Waals surface area (Å²) >= 11 is 2.33. The second-order valence-electron chi connectivity index (χ2n) is 4.89. The Morgan fingerprint density at radius 3 is 3.05 bits per heavy atom. The Kier molecular flexibility index (Phi) is 9.58. The molecule has 0 fully saturated rings. The highest BCUT2D eigenvalue weighted by Gasteiger charge is 2.13. The molecule has 1 aliphatic heterocycles. The van der Waals surface area contributed by atoms with Crippen LogP contribution in [0, 0.1) is 5.92 Å². The number of nitrogens with zero attached hydrogens (tertiary/aromatic N) is 1. The Labute approximate surface area is 137 Å². The zero-order valence-corrected chi connectivity index (χ0v) is 14.5. The van der Waals surface area contributed by atoms with Gasteiger partial charge in [-0.25, -0.2) is 0 Å². The Morgan fingerprint density at radius 2 is 2.40 bits per heavy atom. The molecule has 0 amide bonds. The number of hydrogen-bond donors (Lipinski definition) is 1. The molecule has 0 aromatic heterocycles. The first kappa shape index (κ1) is 17.4. The molecule has 1 rings (SSSR count). The van der Waals surface area contributed by atoms with E-state index in [1.54, 1.807) is 0 Å². The zero-order valence-electron chi connectivity index (χ0n) is 12.3. The van der Waals surface area contributed by atoms with E-state index in [2.05, 4.69) is 63.9 Å². The van der Waals surface area contributed by atoms with Gasteiger partial charge in [-0.2, -0.15) is 0 Å². The van der Waals surface area contributed by atoms with E-state index in [9.17, 15) is 0 Å². The molecule has 1 atom stereocenters. The predicted molar refractivity (Wildman–Crippen MR) is 98.5 cm³/mol. The Bertz CT molecular complexity index is 405. The third kappa shape index (κ3) is 7.20. The van der Waals surface area contributed by atoms with Crippen LogP contribution in [0.3, 0.4) is 0 Å². The van der Waals surface area contributed by atoms with Crippen LogP contribution in [-0.4, -0.2) is 19.8 Å². The van der Waals surface area contributed by atoms with Gasteiger partial charge in [-0.05, 0) is 74.4 Å². The summed E-state index contributed by atoms with van der Waals surface area (Å²) in [5.41, 5.74) is 1.28. The largest absolute Gasteiger partial charge is 0.320 e. The molecule has 0 aliphatic carbocycles. The summed E-state index contributed by atoms with van der Waals surface area (Å²) < 4.78 is 1.22. The van der Waals surface area contributed by atoms with E-state index in [0.717, 1.165) is 25.8 Å². The van der Waals surface area contributed by atoms with Crippen molar-refractivity contribution in [1.82, 2.24) is 5.32 Å². The smallest absolute Gasteiger partial charge is 0.0394 e. The van der Waals surface area contributed by atoms with E-state index in [1.165, 1.54) is 22.1 Å². The van der Waals surface area contributed by atoms with Crippen molar-refractivity contribution in [3.63, 3.8) is 0 Å². The van der Waals surface area contributed by atoms with Crippen LogP contribution < -0.4 is 5.32 Å². The first-order valence-electron chi connectivity index (χ1n) is 7.30. The second kappa shape index (κ2) is 11.0. The third-order valence-electron chi connectivity index (χ3n) is 3.26. The van der Waals surface area contributed by atoms with Crippen molar-refractivity contribution < 1.29 is 0 Å². The van der Waals surface area contributed by atoms with Gasteiger partial charge in [-0.3, -0.25) is 4.99 Å². The molecule has 0 aromatic rings. The van der Waals surface area contributed by atoms with E-state index in [4.69, 9.17) is 0 Å². The fraction of sp³-hybridized carbons (Fsp3) is 0.471. The lowest BCUT2D eigenvalue weighted by atomic mass is 9.93. The fourth-order valence-electron chi connectivity index (χ4n) is 2.23. The van der Waals surface area contributed by atoms with Crippen LogP contribution in [0.4, 0.5) is 0 Å². The summed E-state index contributed by atoms with van der Waals surface area (Å²) in [4.78, 5) is 4.59. The Balaban J connectivity index is 2.58. The summed E-state index contributed by atoms with van der Waals surface area (Å²) in [6.07, 6.45) is 18.3. The number of allylic oxidation sites excluding steroid dienone is 7. The van der Waals surface area contributed by atoms with Crippen molar-refractivity contribution in [2.45, 2.75) is 32.1 Å². The number of rotatable bonds is 9. The van der Waals surface area contributed by atoms with Crippen molar-refractivity contribution in [2.24, 2.45) is 10.9 Å². The number of hydrogen-bond acceptors (Lipinski definition) is 2. The average molecular weight is 384 g/mol. The minimum atomic E-state index is 0.545. The molecule has 0 bridgehead atoms. The summed E-state index contributed by atoms with van der Waals surface area (Å²) in [5, 5.41) is 3.22. The molecule has 20 heavy (non-hydrogen) atoms. The van der Waals surface area contributed by atoms with E-state index in [1.807, 2.05) is 19.2 Å². The van der Waals surface area contributed by atoms with Crippen LogP contribution in [0.25, 0.3) is 0 Å². The molecule has 0 spiro atoms. The molecule has 1 aliphatic rings. The molecule has 0 radical (unpaired) electrons. The molecule has 110 valence electrons. The van der Waals surface area contributed by atoms with Gasteiger partial charge in [0.25, 0.3) is 0 Å². The highest BCUT2D eigenvalue weighted by atomic mass is 127. The van der Waals surface area contributed by atoms with Gasteiger partial charge in [0, 0.05) is 21.4 Å². The summed E-state index contributed by atoms with van der Waals surface area (Å²) in [5.74, 6) is 0.545. The average Bonchev–Trinajstić information content (AvgIpc) is 2.47. The summed E-state index contributed by atoms with van der Waals surface area (Å²) in [6.45, 7) is 4.79. The lowest BCUT2D eigenvalue weighted by Crippen LogP contribution is -2.11. The van der Waals surface area contributed by atoms with Crippen LogP contribution in [-0.2, 0) is 0 Å². The highest BCUT2D eigenvalue weighted by Crippen LogP contribution is 2.25. The van der Waals surface area contributed by atoms with E-state index in [-0.39, 0.29) is 0 Å². The Hall–Kier alpha value is -0.680. The molecule has 0 aromatic carbocycles. The van der Waals surface area contributed by atoms with Gasteiger partial charge in [0.2, 0.25) is 0 Å². The van der Waals surface area contributed by atoms with Crippen molar-refractivity contribution in [2.75, 3.05) is 13.6 Å².